The van der Waals surface area contributed by atoms with Crippen LogP contribution in [0.15, 0.2) is 30.7 Å². The van der Waals surface area contributed by atoms with E-state index in [1.54, 1.807) is 18.6 Å². The van der Waals surface area contributed by atoms with Gasteiger partial charge in [-0.2, -0.15) is 0 Å². The Morgan fingerprint density at radius 2 is 2.04 bits per heavy atom. The number of primary amides is 1. The van der Waals surface area contributed by atoms with Crippen molar-refractivity contribution in [1.29, 1.82) is 0 Å². The molecule has 0 aliphatic carbocycles. The summed E-state index contributed by atoms with van der Waals surface area (Å²) in [5.74, 6) is 0.636. The van der Waals surface area contributed by atoms with Crippen LogP contribution in [0.5, 0.6) is 0 Å². The molecule has 3 N–H and O–H groups in total. The summed E-state index contributed by atoms with van der Waals surface area (Å²) in [4.78, 5) is 22.0. The third kappa shape index (κ3) is 3.47. The molecule has 2 aromatic rings. The van der Waals surface area contributed by atoms with E-state index >= 15 is 0 Å². The van der Waals surface area contributed by atoms with E-state index in [-0.39, 0.29) is 5.60 Å². The molecule has 0 aromatic carbocycles. The summed E-state index contributed by atoms with van der Waals surface area (Å²) < 4.78 is 5.76. The minimum atomic E-state index is -0.963. The van der Waals surface area contributed by atoms with Gasteiger partial charge in [-0.3, -0.25) is 9.88 Å². The monoisotopic (exact) mass is 382 g/mol. The number of carbonyl (C=O) groups excluding carboxylic acids is 1. The molecule has 2 aliphatic rings. The van der Waals surface area contributed by atoms with Crippen molar-refractivity contribution in [3.8, 4) is 11.1 Å². The van der Waals surface area contributed by atoms with Crippen molar-refractivity contribution < 1.29 is 14.6 Å². The summed E-state index contributed by atoms with van der Waals surface area (Å²) >= 11 is 0. The fourth-order valence-corrected chi connectivity index (χ4v) is 4.27. The average molecular weight is 382 g/mol. The third-order valence-electron chi connectivity index (χ3n) is 5.63. The first-order valence-electron chi connectivity index (χ1n) is 9.66. The SMILES string of the molecule is CC1(C)CC(O)(c2cncc(-c3cnc4c(c3)CCCN4C(N)=O)c2)CCO1. The normalized spacial score (nSPS) is 23.9. The molecule has 28 heavy (non-hydrogen) atoms. The molecular formula is C21H26N4O3. The molecule has 1 unspecified atom stereocenters. The zero-order chi connectivity index (χ0) is 19.9. The highest BCUT2D eigenvalue weighted by molar-refractivity contribution is 5.91. The smallest absolute Gasteiger partial charge is 0.320 e. The van der Waals surface area contributed by atoms with Gasteiger partial charge in [-0.15, -0.1) is 0 Å². The molecule has 148 valence electrons. The van der Waals surface area contributed by atoms with E-state index in [1.807, 2.05) is 26.0 Å². The number of aromatic nitrogens is 2. The Bertz CT molecular complexity index is 914. The molecule has 4 heterocycles. The van der Waals surface area contributed by atoms with Gasteiger partial charge in [0.25, 0.3) is 0 Å². The Labute approximate surface area is 164 Å². The van der Waals surface area contributed by atoms with Crippen molar-refractivity contribution in [1.82, 2.24) is 9.97 Å². The molecule has 7 nitrogen and oxygen atoms in total. The lowest BCUT2D eigenvalue weighted by atomic mass is 9.79. The highest BCUT2D eigenvalue weighted by atomic mass is 16.5. The standard InChI is InChI=1S/C21H26N4O3/c1-20(2)13-21(27,5-7-28-20)17-9-16(10-23-12-17)15-8-14-4-3-6-25(19(22)26)18(14)24-11-15/h8-12,27H,3-7,13H2,1-2H3,(H2,22,26). The predicted molar refractivity (Wildman–Crippen MR) is 106 cm³/mol. The number of carbonyl (C=O) groups is 1. The van der Waals surface area contributed by atoms with Crippen LogP contribution < -0.4 is 10.6 Å². The maximum absolute atomic E-state index is 11.6. The Balaban J connectivity index is 1.68. The van der Waals surface area contributed by atoms with Crippen molar-refractivity contribution in [2.45, 2.75) is 50.7 Å². The Hall–Kier alpha value is -2.51. The molecule has 4 rings (SSSR count). The lowest BCUT2D eigenvalue weighted by Gasteiger charge is -2.41. The lowest BCUT2D eigenvalue weighted by molar-refractivity contribution is -0.148. The maximum atomic E-state index is 11.6. The fraction of sp³-hybridized carbons (Fsp3) is 0.476. The highest BCUT2D eigenvalue weighted by Crippen LogP contribution is 2.40. The number of hydrogen-bond donors (Lipinski definition) is 2. The minimum absolute atomic E-state index is 0.380. The van der Waals surface area contributed by atoms with E-state index in [0.29, 0.717) is 31.8 Å². The Morgan fingerprint density at radius 3 is 2.79 bits per heavy atom. The molecule has 0 spiro atoms. The van der Waals surface area contributed by atoms with Crippen molar-refractivity contribution in [3.05, 3.63) is 41.9 Å². The number of anilines is 1. The molecule has 0 radical (unpaired) electrons. The second kappa shape index (κ2) is 6.83. The number of aryl methyl sites for hydroxylation is 1. The van der Waals surface area contributed by atoms with Gasteiger partial charge in [-0.1, -0.05) is 0 Å². The number of fused-ring (bicyclic) bond motifs is 1. The predicted octanol–water partition coefficient (Wildman–Crippen LogP) is 2.75. The number of rotatable bonds is 2. The third-order valence-corrected chi connectivity index (χ3v) is 5.63. The van der Waals surface area contributed by atoms with E-state index in [2.05, 4.69) is 9.97 Å². The first kappa shape index (κ1) is 18.8. The molecule has 7 heteroatoms. The van der Waals surface area contributed by atoms with Gasteiger partial charge in [0.15, 0.2) is 0 Å². The molecule has 2 amide bonds. The van der Waals surface area contributed by atoms with Gasteiger partial charge in [0.05, 0.1) is 17.8 Å². The van der Waals surface area contributed by atoms with Crippen LogP contribution in [-0.2, 0) is 16.8 Å². The number of aliphatic hydroxyl groups is 1. The number of pyridine rings is 2. The maximum Gasteiger partial charge on any atom is 0.320 e. The van der Waals surface area contributed by atoms with Crippen molar-refractivity contribution in [3.63, 3.8) is 0 Å². The van der Waals surface area contributed by atoms with Gasteiger partial charge in [-0.25, -0.2) is 9.78 Å². The summed E-state index contributed by atoms with van der Waals surface area (Å²) in [6.07, 6.45) is 8.00. The van der Waals surface area contributed by atoms with E-state index in [1.165, 1.54) is 4.90 Å². The Morgan fingerprint density at radius 1 is 1.25 bits per heavy atom. The summed E-state index contributed by atoms with van der Waals surface area (Å²) in [5, 5.41) is 11.2. The number of urea groups is 1. The van der Waals surface area contributed by atoms with Crippen LogP contribution in [0.2, 0.25) is 0 Å². The second-order valence-corrected chi connectivity index (χ2v) is 8.33. The van der Waals surface area contributed by atoms with Crippen LogP contribution in [0.3, 0.4) is 0 Å². The van der Waals surface area contributed by atoms with Crippen LogP contribution in [0, 0.1) is 0 Å². The first-order chi connectivity index (χ1) is 13.3. The van der Waals surface area contributed by atoms with Gasteiger partial charge in [-0.05, 0) is 44.4 Å². The van der Waals surface area contributed by atoms with E-state index in [4.69, 9.17) is 10.5 Å². The van der Waals surface area contributed by atoms with Crippen molar-refractivity contribution in [2.75, 3.05) is 18.1 Å². The zero-order valence-corrected chi connectivity index (χ0v) is 16.3. The van der Waals surface area contributed by atoms with Gasteiger partial charge in [0.2, 0.25) is 0 Å². The fourth-order valence-electron chi connectivity index (χ4n) is 4.27. The van der Waals surface area contributed by atoms with Crippen molar-refractivity contribution >= 4 is 11.8 Å². The summed E-state index contributed by atoms with van der Waals surface area (Å²) in [6.45, 7) is 5.09. The molecular weight excluding hydrogens is 356 g/mol. The molecule has 0 bridgehead atoms. The van der Waals surface area contributed by atoms with E-state index in [0.717, 1.165) is 35.1 Å². The summed E-state index contributed by atoms with van der Waals surface area (Å²) in [6, 6.07) is 3.54. The summed E-state index contributed by atoms with van der Waals surface area (Å²) in [7, 11) is 0. The van der Waals surface area contributed by atoms with Crippen LogP contribution in [0.25, 0.3) is 11.1 Å². The number of amides is 2. The molecule has 1 saturated heterocycles. The molecule has 0 saturated carbocycles. The number of hydrogen-bond acceptors (Lipinski definition) is 5. The van der Waals surface area contributed by atoms with Crippen LogP contribution >= 0.6 is 0 Å². The average Bonchev–Trinajstić information content (AvgIpc) is 2.66. The second-order valence-electron chi connectivity index (χ2n) is 8.33. The molecule has 1 atom stereocenters. The Kier molecular flexibility index (Phi) is 4.59. The molecule has 2 aliphatic heterocycles. The number of nitrogens with zero attached hydrogens (tertiary/aromatic N) is 3. The van der Waals surface area contributed by atoms with Crippen LogP contribution in [-0.4, -0.2) is 39.9 Å². The number of ether oxygens (including phenoxy) is 1. The molecule has 2 aromatic heterocycles. The highest BCUT2D eigenvalue weighted by Gasteiger charge is 2.41. The lowest BCUT2D eigenvalue weighted by Crippen LogP contribution is -2.43. The molecule has 1 fully saturated rings. The van der Waals surface area contributed by atoms with Crippen LogP contribution in [0.1, 0.15) is 44.2 Å². The van der Waals surface area contributed by atoms with Crippen LogP contribution in [0.4, 0.5) is 10.6 Å². The van der Waals surface area contributed by atoms with E-state index < -0.39 is 11.6 Å². The quantitative estimate of drug-likeness (QED) is 0.832. The largest absolute Gasteiger partial charge is 0.385 e. The van der Waals surface area contributed by atoms with Crippen molar-refractivity contribution in [2.24, 2.45) is 5.73 Å². The van der Waals surface area contributed by atoms with Gasteiger partial charge in [0.1, 0.15) is 5.82 Å². The topological polar surface area (TPSA) is 102 Å². The number of nitrogens with two attached hydrogens (primary N) is 1. The zero-order valence-electron chi connectivity index (χ0n) is 16.3. The minimum Gasteiger partial charge on any atom is -0.385 e. The van der Waals surface area contributed by atoms with Gasteiger partial charge in [0, 0.05) is 54.7 Å². The summed E-state index contributed by atoms with van der Waals surface area (Å²) in [5.41, 5.74) is 7.72. The van der Waals surface area contributed by atoms with Gasteiger partial charge < -0.3 is 15.6 Å². The van der Waals surface area contributed by atoms with E-state index in [9.17, 15) is 9.90 Å². The van der Waals surface area contributed by atoms with Gasteiger partial charge >= 0.3 is 6.03 Å². The first-order valence-corrected chi connectivity index (χ1v) is 9.66.